The largest absolute Gasteiger partial charge is 0.451 e. The maximum atomic E-state index is 14.5. The molecule has 1 N–H and O–H groups in total. The van der Waals surface area contributed by atoms with Crippen LogP contribution in [0.1, 0.15) is 75.8 Å². The number of ether oxygens (including phenoxy) is 1. The molecular weight excluding hydrogens is 557 g/mol. The van der Waals surface area contributed by atoms with E-state index in [0.29, 0.717) is 34.8 Å². The van der Waals surface area contributed by atoms with Crippen molar-refractivity contribution < 1.29 is 13.9 Å². The summed E-state index contributed by atoms with van der Waals surface area (Å²) >= 11 is 0. The monoisotopic (exact) mass is 597 g/mol. The smallest absolute Gasteiger partial charge is 0.220 e. The van der Waals surface area contributed by atoms with Crippen LogP contribution in [0, 0.1) is 17.2 Å². The number of aromatic nitrogens is 4. The first-order valence-corrected chi connectivity index (χ1v) is 16.3. The number of nitrogens with zero attached hydrogens (tertiary/aromatic N) is 6. The molecule has 3 aliphatic heterocycles. The first-order chi connectivity index (χ1) is 21.5. The summed E-state index contributed by atoms with van der Waals surface area (Å²) in [5.74, 6) is 2.95. The van der Waals surface area contributed by atoms with E-state index < -0.39 is 0 Å². The molecule has 2 saturated carbocycles. The molecule has 2 aromatic heterocycles. The standard InChI is InChI=1S/C34H40FN7O2/c35-25-3-4-28(26(15-25)27-16-36-21-38-31(27)24-1-2-24)44-29-17-37-22-39-32(29)42-19-33(20-42)11-13-41(14-12-33)18-23-5-8-34(9-6-23)10-7-30(43)40-34/h3-4,15-17,21-24H,1-2,5-14,18-20H2,(H,40,43). The van der Waals surface area contributed by atoms with Crippen LogP contribution in [0.25, 0.3) is 11.1 Å². The van der Waals surface area contributed by atoms with E-state index in [-0.39, 0.29) is 17.3 Å². The highest BCUT2D eigenvalue weighted by Gasteiger charge is 2.47. The topological polar surface area (TPSA) is 96.4 Å². The first kappa shape index (κ1) is 27.9. The number of amides is 1. The maximum absolute atomic E-state index is 14.5. The minimum Gasteiger partial charge on any atom is -0.451 e. The molecule has 44 heavy (non-hydrogen) atoms. The Kier molecular flexibility index (Phi) is 7.00. The Labute approximate surface area is 257 Å². The third-order valence-electron chi connectivity index (χ3n) is 10.9. The molecule has 0 bridgehead atoms. The van der Waals surface area contributed by atoms with E-state index in [0.717, 1.165) is 81.3 Å². The number of hydrogen-bond donors (Lipinski definition) is 1. The molecule has 5 aliphatic rings. The number of hydrogen-bond acceptors (Lipinski definition) is 8. The van der Waals surface area contributed by atoms with Crippen LogP contribution in [-0.4, -0.2) is 69.0 Å². The minimum atomic E-state index is -0.326. The van der Waals surface area contributed by atoms with E-state index in [9.17, 15) is 9.18 Å². The summed E-state index contributed by atoms with van der Waals surface area (Å²) in [5.41, 5.74) is 2.83. The van der Waals surface area contributed by atoms with E-state index in [1.165, 1.54) is 44.4 Å². The fourth-order valence-corrected chi connectivity index (χ4v) is 8.13. The van der Waals surface area contributed by atoms with Crippen molar-refractivity contribution in [2.24, 2.45) is 11.3 Å². The average Bonchev–Trinajstić information content (AvgIpc) is 3.82. The van der Waals surface area contributed by atoms with Gasteiger partial charge in [0.1, 0.15) is 24.2 Å². The maximum Gasteiger partial charge on any atom is 0.220 e. The Morgan fingerprint density at radius 2 is 1.68 bits per heavy atom. The fourth-order valence-electron chi connectivity index (χ4n) is 8.13. The summed E-state index contributed by atoms with van der Waals surface area (Å²) in [6, 6.07) is 4.61. The molecule has 1 amide bonds. The van der Waals surface area contributed by atoms with Gasteiger partial charge in [-0.15, -0.1) is 0 Å². The van der Waals surface area contributed by atoms with Gasteiger partial charge in [-0.25, -0.2) is 24.3 Å². The Balaban J connectivity index is 0.902. The number of anilines is 1. The third kappa shape index (κ3) is 5.42. The van der Waals surface area contributed by atoms with E-state index in [1.807, 2.05) is 0 Å². The van der Waals surface area contributed by atoms with Gasteiger partial charge in [-0.05, 0) is 95.0 Å². The fraction of sp³-hybridized carbons (Fsp3) is 0.559. The molecule has 0 radical (unpaired) electrons. The summed E-state index contributed by atoms with van der Waals surface area (Å²) in [6.07, 6.45) is 17.6. The van der Waals surface area contributed by atoms with Crippen molar-refractivity contribution >= 4 is 11.7 Å². The van der Waals surface area contributed by atoms with Gasteiger partial charge < -0.3 is 19.9 Å². The van der Waals surface area contributed by atoms with E-state index in [2.05, 4.69) is 35.1 Å². The molecule has 2 spiro atoms. The van der Waals surface area contributed by atoms with Gasteiger partial charge in [-0.1, -0.05) is 0 Å². The average molecular weight is 598 g/mol. The van der Waals surface area contributed by atoms with Crippen molar-refractivity contribution in [3.63, 3.8) is 0 Å². The summed E-state index contributed by atoms with van der Waals surface area (Å²) in [5, 5.41) is 3.28. The number of halogens is 1. The van der Waals surface area contributed by atoms with Crippen LogP contribution in [0.5, 0.6) is 11.5 Å². The molecule has 1 aromatic carbocycles. The summed E-state index contributed by atoms with van der Waals surface area (Å²) < 4.78 is 20.9. The van der Waals surface area contributed by atoms with Gasteiger partial charge >= 0.3 is 0 Å². The van der Waals surface area contributed by atoms with E-state index >= 15 is 0 Å². The van der Waals surface area contributed by atoms with Crippen molar-refractivity contribution in [2.45, 2.75) is 75.7 Å². The Hall–Kier alpha value is -3.66. The lowest BCUT2D eigenvalue weighted by Crippen LogP contribution is -2.61. The van der Waals surface area contributed by atoms with Crippen molar-refractivity contribution in [1.82, 2.24) is 30.2 Å². The van der Waals surface area contributed by atoms with Gasteiger partial charge in [-0.2, -0.15) is 0 Å². The van der Waals surface area contributed by atoms with Crippen LogP contribution in [0.2, 0.25) is 0 Å². The van der Waals surface area contributed by atoms with Crippen molar-refractivity contribution in [3.8, 4) is 22.6 Å². The molecule has 0 unspecified atom stereocenters. The van der Waals surface area contributed by atoms with Gasteiger partial charge in [0.2, 0.25) is 5.91 Å². The Bertz CT molecular complexity index is 1540. The van der Waals surface area contributed by atoms with E-state index in [4.69, 9.17) is 4.74 Å². The first-order valence-electron chi connectivity index (χ1n) is 16.3. The number of carbonyl (C=O) groups is 1. The zero-order valence-electron chi connectivity index (χ0n) is 25.2. The van der Waals surface area contributed by atoms with Crippen LogP contribution in [0.4, 0.5) is 10.2 Å². The predicted molar refractivity (Wildman–Crippen MR) is 164 cm³/mol. The Morgan fingerprint density at radius 1 is 0.909 bits per heavy atom. The molecule has 230 valence electrons. The lowest BCUT2D eigenvalue weighted by atomic mass is 9.71. The normalized spacial score (nSPS) is 26.5. The lowest BCUT2D eigenvalue weighted by Gasteiger charge is -2.55. The Morgan fingerprint density at radius 3 is 2.43 bits per heavy atom. The zero-order valence-corrected chi connectivity index (χ0v) is 25.2. The minimum absolute atomic E-state index is 0.103. The molecule has 9 nitrogen and oxygen atoms in total. The van der Waals surface area contributed by atoms with Crippen molar-refractivity contribution in [2.75, 3.05) is 37.6 Å². The predicted octanol–water partition coefficient (Wildman–Crippen LogP) is 5.48. The van der Waals surface area contributed by atoms with Crippen LogP contribution < -0.4 is 15.0 Å². The molecule has 3 saturated heterocycles. The highest BCUT2D eigenvalue weighted by atomic mass is 19.1. The van der Waals surface area contributed by atoms with Gasteiger partial charge in [0.15, 0.2) is 11.6 Å². The highest BCUT2D eigenvalue weighted by molar-refractivity contribution is 5.79. The molecule has 3 aromatic rings. The summed E-state index contributed by atoms with van der Waals surface area (Å²) in [4.78, 5) is 34.4. The zero-order chi connectivity index (χ0) is 29.7. The van der Waals surface area contributed by atoms with E-state index in [1.54, 1.807) is 31.1 Å². The van der Waals surface area contributed by atoms with Gasteiger partial charge in [0, 0.05) is 60.3 Å². The number of nitrogens with one attached hydrogen (secondary N) is 1. The second-order valence-corrected chi connectivity index (χ2v) is 14.0. The number of carbonyl (C=O) groups excluding carboxylic acids is 1. The third-order valence-corrected chi connectivity index (χ3v) is 10.9. The second kappa shape index (κ2) is 11.1. The lowest BCUT2D eigenvalue weighted by molar-refractivity contribution is -0.120. The molecule has 10 heteroatoms. The quantitative estimate of drug-likeness (QED) is 0.382. The molecule has 5 fully saturated rings. The molecule has 0 atom stereocenters. The van der Waals surface area contributed by atoms with Crippen LogP contribution in [-0.2, 0) is 4.79 Å². The number of likely N-dealkylation sites (tertiary alicyclic amines) is 1. The number of piperidine rings is 1. The van der Waals surface area contributed by atoms with Gasteiger partial charge in [-0.3, -0.25) is 4.79 Å². The second-order valence-electron chi connectivity index (χ2n) is 14.0. The molecular formula is C34H40FN7O2. The molecule has 8 rings (SSSR count). The van der Waals surface area contributed by atoms with Crippen LogP contribution >= 0.6 is 0 Å². The van der Waals surface area contributed by atoms with Gasteiger partial charge in [0.25, 0.3) is 0 Å². The summed E-state index contributed by atoms with van der Waals surface area (Å²) in [6.45, 7) is 5.37. The molecule has 5 heterocycles. The highest BCUT2D eigenvalue weighted by Crippen LogP contribution is 2.48. The van der Waals surface area contributed by atoms with Crippen molar-refractivity contribution in [3.05, 3.63) is 54.8 Å². The SMILES string of the molecule is O=C1CCC2(CCC(CN3CCC4(CC3)CN(c3ncncc3Oc3ccc(F)cc3-c3cncnc3C3CC3)C4)CC2)N1. The molecule has 2 aliphatic carbocycles. The van der Waals surface area contributed by atoms with Crippen LogP contribution in [0.15, 0.2) is 43.2 Å². The number of rotatable bonds is 7. The number of benzene rings is 1. The van der Waals surface area contributed by atoms with Crippen LogP contribution in [0.3, 0.4) is 0 Å². The van der Waals surface area contributed by atoms with Gasteiger partial charge in [0.05, 0.1) is 11.9 Å². The summed E-state index contributed by atoms with van der Waals surface area (Å²) in [7, 11) is 0. The van der Waals surface area contributed by atoms with Crippen molar-refractivity contribution in [1.29, 1.82) is 0 Å².